The summed E-state index contributed by atoms with van der Waals surface area (Å²) in [5, 5.41) is 2.55. The van der Waals surface area contributed by atoms with Crippen LogP contribution in [0.4, 0.5) is 13.2 Å². The van der Waals surface area contributed by atoms with Gasteiger partial charge in [-0.2, -0.15) is 13.2 Å². The van der Waals surface area contributed by atoms with Gasteiger partial charge in [-0.05, 0) is 31.2 Å². The number of sulfonamides is 1. The third-order valence-corrected chi connectivity index (χ3v) is 4.93. The van der Waals surface area contributed by atoms with E-state index in [1.54, 1.807) is 0 Å². The average Bonchev–Trinajstić information content (AvgIpc) is 2.45. The highest BCUT2D eigenvalue weighted by atomic mass is 35.5. The van der Waals surface area contributed by atoms with Gasteiger partial charge in [0.2, 0.25) is 10.0 Å². The number of nitrogens with one attached hydrogen (secondary N) is 2. The highest BCUT2D eigenvalue weighted by molar-refractivity contribution is 7.89. The third-order valence-electron chi connectivity index (χ3n) is 3.20. The van der Waals surface area contributed by atoms with Crippen molar-refractivity contribution < 1.29 is 21.6 Å². The Bertz CT molecular complexity index is 691. The Balaban J connectivity index is 0.00000264. The predicted octanol–water partition coefficient (Wildman–Crippen LogP) is 2.98. The van der Waals surface area contributed by atoms with E-state index in [9.17, 15) is 21.6 Å². The summed E-state index contributed by atoms with van der Waals surface area (Å²) < 4.78 is 64.8. The minimum atomic E-state index is -4.71. The van der Waals surface area contributed by atoms with Crippen molar-refractivity contribution in [3.05, 3.63) is 40.4 Å². The molecule has 2 rings (SSSR count). The Morgan fingerprint density at radius 1 is 1.30 bits per heavy atom. The summed E-state index contributed by atoms with van der Waals surface area (Å²) >= 11 is 5.48. The second-order valence-electron chi connectivity index (χ2n) is 4.78. The highest BCUT2D eigenvalue weighted by Gasteiger charge is 2.34. The molecule has 23 heavy (non-hydrogen) atoms. The van der Waals surface area contributed by atoms with Crippen molar-refractivity contribution in [2.45, 2.75) is 17.5 Å². The van der Waals surface area contributed by atoms with Crippen LogP contribution < -0.4 is 10.0 Å². The SMILES string of the molecule is Cl.O=S(=O)(NCC1=CCNCC1)c1ccc(Cl)c(C(F)(F)F)c1. The molecule has 0 atom stereocenters. The first-order chi connectivity index (χ1) is 10.2. The molecule has 0 aromatic heterocycles. The number of hydrogen-bond donors (Lipinski definition) is 2. The smallest absolute Gasteiger partial charge is 0.313 e. The van der Waals surface area contributed by atoms with Crippen molar-refractivity contribution >= 4 is 34.0 Å². The minimum absolute atomic E-state index is 0. The summed E-state index contributed by atoms with van der Waals surface area (Å²) in [6.07, 6.45) is -2.16. The monoisotopic (exact) mass is 390 g/mol. The van der Waals surface area contributed by atoms with Gasteiger partial charge in [0.05, 0.1) is 15.5 Å². The first-order valence-electron chi connectivity index (χ1n) is 6.45. The maximum absolute atomic E-state index is 12.8. The number of alkyl halides is 3. The first kappa shape index (κ1) is 20.2. The second kappa shape index (κ2) is 7.85. The van der Waals surface area contributed by atoms with Gasteiger partial charge in [0.15, 0.2) is 0 Å². The number of hydrogen-bond acceptors (Lipinski definition) is 3. The van der Waals surface area contributed by atoms with Crippen LogP contribution >= 0.6 is 24.0 Å². The van der Waals surface area contributed by atoms with Gasteiger partial charge in [-0.3, -0.25) is 0 Å². The average molecular weight is 391 g/mol. The normalized spacial score (nSPS) is 15.7. The molecule has 1 aliphatic heterocycles. The molecule has 10 heteroatoms. The van der Waals surface area contributed by atoms with Crippen molar-refractivity contribution in [3.63, 3.8) is 0 Å². The highest BCUT2D eigenvalue weighted by Crippen LogP contribution is 2.35. The molecule has 0 spiro atoms. The number of benzene rings is 1. The standard InChI is InChI=1S/C13H14ClF3N2O2S.ClH/c14-12-2-1-10(7-11(12)13(15,16)17)22(20,21)19-8-9-3-5-18-6-4-9;/h1-3,7,18-19H,4-6,8H2;1H. The fraction of sp³-hybridized carbons (Fsp3) is 0.385. The van der Waals surface area contributed by atoms with Gasteiger partial charge in [0.1, 0.15) is 0 Å². The van der Waals surface area contributed by atoms with E-state index < -0.39 is 31.7 Å². The van der Waals surface area contributed by atoms with Crippen LogP contribution in [-0.2, 0) is 16.2 Å². The van der Waals surface area contributed by atoms with Crippen LogP contribution in [0, 0.1) is 0 Å². The molecule has 0 bridgehead atoms. The van der Waals surface area contributed by atoms with Gasteiger partial charge in [-0.1, -0.05) is 23.3 Å². The zero-order chi connectivity index (χ0) is 16.4. The Kier molecular flexibility index (Phi) is 6.91. The van der Waals surface area contributed by atoms with E-state index in [0.717, 1.165) is 24.3 Å². The van der Waals surface area contributed by atoms with Crippen molar-refractivity contribution in [2.24, 2.45) is 0 Å². The van der Waals surface area contributed by atoms with Crippen molar-refractivity contribution in [1.29, 1.82) is 0 Å². The van der Waals surface area contributed by atoms with Gasteiger partial charge in [-0.25, -0.2) is 13.1 Å². The Morgan fingerprint density at radius 2 is 2.00 bits per heavy atom. The molecule has 2 N–H and O–H groups in total. The lowest BCUT2D eigenvalue weighted by atomic mass is 10.1. The van der Waals surface area contributed by atoms with Gasteiger partial charge < -0.3 is 5.32 Å². The van der Waals surface area contributed by atoms with Crippen LogP contribution in [0.25, 0.3) is 0 Å². The van der Waals surface area contributed by atoms with Crippen molar-refractivity contribution in [1.82, 2.24) is 10.0 Å². The molecule has 1 aromatic rings. The summed E-state index contributed by atoms with van der Waals surface area (Å²) in [4.78, 5) is -0.459. The van der Waals surface area contributed by atoms with Crippen LogP contribution in [-0.4, -0.2) is 28.1 Å². The maximum atomic E-state index is 12.8. The number of rotatable bonds is 4. The Hall–Kier alpha value is -0.800. The van der Waals surface area contributed by atoms with Crippen LogP contribution in [0.15, 0.2) is 34.7 Å². The number of halogens is 5. The van der Waals surface area contributed by atoms with Gasteiger partial charge in [0, 0.05) is 13.1 Å². The van der Waals surface area contributed by atoms with E-state index in [-0.39, 0.29) is 19.0 Å². The van der Waals surface area contributed by atoms with Crippen molar-refractivity contribution in [3.8, 4) is 0 Å². The Morgan fingerprint density at radius 3 is 2.57 bits per heavy atom. The molecule has 0 aliphatic carbocycles. The van der Waals surface area contributed by atoms with E-state index in [1.165, 1.54) is 0 Å². The van der Waals surface area contributed by atoms with Gasteiger partial charge in [-0.15, -0.1) is 12.4 Å². The first-order valence-corrected chi connectivity index (χ1v) is 8.31. The lowest BCUT2D eigenvalue weighted by Gasteiger charge is -2.15. The lowest BCUT2D eigenvalue weighted by Crippen LogP contribution is -2.29. The zero-order valence-corrected chi connectivity index (χ0v) is 14.2. The summed E-state index contributed by atoms with van der Waals surface area (Å²) in [5.74, 6) is 0. The predicted molar refractivity (Wildman–Crippen MR) is 84.5 cm³/mol. The van der Waals surface area contributed by atoms with E-state index in [0.29, 0.717) is 19.0 Å². The molecule has 130 valence electrons. The largest absolute Gasteiger partial charge is 0.417 e. The molecule has 0 saturated carbocycles. The Labute approximate surface area is 143 Å². The summed E-state index contributed by atoms with van der Waals surface area (Å²) in [6, 6.07) is 2.53. The fourth-order valence-corrected chi connectivity index (χ4v) is 3.28. The molecule has 4 nitrogen and oxygen atoms in total. The molecular formula is C13H15Cl2F3N2O2S. The molecule has 0 fully saturated rings. The van der Waals surface area contributed by atoms with Crippen molar-refractivity contribution in [2.75, 3.05) is 19.6 Å². The molecule has 0 amide bonds. The molecule has 1 heterocycles. The van der Waals surface area contributed by atoms with Gasteiger partial charge >= 0.3 is 6.18 Å². The summed E-state index contributed by atoms with van der Waals surface area (Å²) in [6.45, 7) is 1.47. The molecule has 0 radical (unpaired) electrons. The van der Waals surface area contributed by atoms with Crippen LogP contribution in [0.5, 0.6) is 0 Å². The van der Waals surface area contributed by atoms with Gasteiger partial charge in [0.25, 0.3) is 0 Å². The lowest BCUT2D eigenvalue weighted by molar-refractivity contribution is -0.137. The van der Waals surface area contributed by atoms with E-state index in [1.807, 2.05) is 6.08 Å². The molecular weight excluding hydrogens is 376 g/mol. The minimum Gasteiger partial charge on any atom is -0.313 e. The fourth-order valence-electron chi connectivity index (χ4n) is 1.99. The van der Waals surface area contributed by atoms with E-state index in [2.05, 4.69) is 10.0 Å². The van der Waals surface area contributed by atoms with Crippen LogP contribution in [0.2, 0.25) is 5.02 Å². The quantitative estimate of drug-likeness (QED) is 0.776. The molecule has 0 unspecified atom stereocenters. The maximum Gasteiger partial charge on any atom is 0.417 e. The summed E-state index contributed by atoms with van der Waals surface area (Å²) in [5.41, 5.74) is -0.273. The third kappa shape index (κ3) is 5.36. The topological polar surface area (TPSA) is 58.2 Å². The second-order valence-corrected chi connectivity index (χ2v) is 6.95. The van der Waals surface area contributed by atoms with Crippen LogP contribution in [0.1, 0.15) is 12.0 Å². The van der Waals surface area contributed by atoms with E-state index in [4.69, 9.17) is 11.6 Å². The van der Waals surface area contributed by atoms with E-state index >= 15 is 0 Å². The molecule has 1 aliphatic rings. The molecule has 1 aromatic carbocycles. The van der Waals surface area contributed by atoms with Crippen LogP contribution in [0.3, 0.4) is 0 Å². The molecule has 0 saturated heterocycles. The zero-order valence-electron chi connectivity index (χ0n) is 11.8. The summed E-state index contributed by atoms with van der Waals surface area (Å²) in [7, 11) is -4.03.